The molecule has 5 nitrogen and oxygen atoms in total. The van der Waals surface area contributed by atoms with Gasteiger partial charge in [0.2, 0.25) is 5.95 Å². The largest absolute Gasteiger partial charge is 0.307 e. The number of rotatable bonds is 3. The van der Waals surface area contributed by atoms with E-state index in [9.17, 15) is 0 Å². The van der Waals surface area contributed by atoms with E-state index in [1.807, 2.05) is 29.5 Å². The number of aromatic nitrogens is 5. The Morgan fingerprint density at radius 1 is 0.404 bits per heavy atom. The van der Waals surface area contributed by atoms with Crippen LogP contribution < -0.4 is 0 Å². The molecule has 0 atom stereocenters. The molecule has 0 amide bonds. The molecule has 0 saturated carbocycles. The Hall–Kier alpha value is -6.41. The van der Waals surface area contributed by atoms with Crippen LogP contribution in [0.5, 0.6) is 0 Å². The maximum atomic E-state index is 5.41. The minimum Gasteiger partial charge on any atom is -0.307 e. The van der Waals surface area contributed by atoms with Crippen molar-refractivity contribution in [2.75, 3.05) is 0 Å². The van der Waals surface area contributed by atoms with Gasteiger partial charge in [-0.1, -0.05) is 91.0 Å². The number of benzene rings is 7. The van der Waals surface area contributed by atoms with Gasteiger partial charge >= 0.3 is 0 Å². The van der Waals surface area contributed by atoms with Crippen molar-refractivity contribution in [3.05, 3.63) is 127 Å². The lowest BCUT2D eigenvalue weighted by atomic mass is 10.0. The van der Waals surface area contributed by atoms with Crippen molar-refractivity contribution >= 4 is 123 Å². The third kappa shape index (κ3) is 2.95. The number of hydrogen-bond donors (Lipinski definition) is 0. The van der Waals surface area contributed by atoms with Crippen molar-refractivity contribution in [3.63, 3.8) is 0 Å². The second kappa shape index (κ2) is 8.90. The summed E-state index contributed by atoms with van der Waals surface area (Å²) >= 11 is 3.69. The highest BCUT2D eigenvalue weighted by atomic mass is 32.1. The summed E-state index contributed by atoms with van der Waals surface area (Å²) in [5.74, 6) is 1.96. The Kier molecular flexibility index (Phi) is 4.52. The first-order valence-corrected chi connectivity index (χ1v) is 19.1. The third-order valence-electron chi connectivity index (χ3n) is 11.4. The van der Waals surface area contributed by atoms with Gasteiger partial charge in [-0.2, -0.15) is 9.97 Å². The van der Waals surface area contributed by atoms with Gasteiger partial charge < -0.3 is 4.40 Å². The van der Waals surface area contributed by atoms with Gasteiger partial charge in [0.25, 0.3) is 0 Å². The number of hydrogen-bond acceptors (Lipinski definition) is 5. The smallest absolute Gasteiger partial charge is 0.238 e. The van der Waals surface area contributed by atoms with Crippen LogP contribution in [0.4, 0.5) is 0 Å². The van der Waals surface area contributed by atoms with E-state index in [1.54, 1.807) is 11.3 Å². The molecule has 14 rings (SSSR count). The first-order chi connectivity index (χ1) is 25.8. The van der Waals surface area contributed by atoms with Crippen LogP contribution in [-0.2, 0) is 0 Å². The Morgan fingerprint density at radius 2 is 1.06 bits per heavy atom. The topological polar surface area (TPSA) is 48.0 Å². The second-order valence-electron chi connectivity index (χ2n) is 13.9. The Bertz CT molecular complexity index is 3750. The van der Waals surface area contributed by atoms with Crippen molar-refractivity contribution in [2.45, 2.75) is 0 Å². The van der Waals surface area contributed by atoms with Gasteiger partial charge in [-0.25, -0.2) is 4.98 Å². The standard InChI is InChI=1S/C45H21N5S2/c1-2-8-22(9-3-1)43-46-44(29-14-7-13-28-23-10-4-5-15-32(23)52-42(28)29)48-45(47-43)49-30-19-21-33-37-35(30)36-31(49)18-16-26-24-11-6-12-25-27-17-20-34(51-33)38(37)41(27)50(39(24)25)40(26)36/h1-21H. The lowest BCUT2D eigenvalue weighted by Crippen LogP contribution is -2.06. The average Bonchev–Trinajstić information content (AvgIpc) is 3.98. The predicted octanol–water partition coefficient (Wildman–Crippen LogP) is 12.5. The van der Waals surface area contributed by atoms with E-state index >= 15 is 0 Å². The summed E-state index contributed by atoms with van der Waals surface area (Å²) in [6.07, 6.45) is 0. The van der Waals surface area contributed by atoms with Gasteiger partial charge in [-0.15, -0.1) is 22.7 Å². The molecule has 238 valence electrons. The number of fused-ring (bicyclic) bond motifs is 5. The van der Waals surface area contributed by atoms with Crippen LogP contribution in [0.25, 0.3) is 129 Å². The SMILES string of the molecule is c1ccc(-c2nc(-c3cccc4c3sc3ccccc34)nc(-n3c4ccc5sc6ccc7c8cccc9c%10ccc3c3c4c5c6c7n(c89)c%103)n2)cc1. The van der Waals surface area contributed by atoms with Crippen molar-refractivity contribution in [3.8, 4) is 28.7 Å². The molecule has 0 N–H and O–H groups in total. The molecular formula is C45H21N5S2. The Morgan fingerprint density at radius 3 is 1.96 bits per heavy atom. The molecule has 0 bridgehead atoms. The summed E-state index contributed by atoms with van der Waals surface area (Å²) in [6, 6.07) is 46.1. The first kappa shape index (κ1) is 26.4. The van der Waals surface area contributed by atoms with Gasteiger partial charge in [0, 0.05) is 83.8 Å². The maximum Gasteiger partial charge on any atom is 0.238 e. The fourth-order valence-corrected chi connectivity index (χ4v) is 11.7. The molecular weight excluding hydrogens is 675 g/mol. The average molecular weight is 696 g/mol. The highest BCUT2D eigenvalue weighted by Crippen LogP contribution is 2.53. The molecule has 0 saturated heterocycles. The quantitative estimate of drug-likeness (QED) is 0.185. The lowest BCUT2D eigenvalue weighted by molar-refractivity contribution is 0.955. The van der Waals surface area contributed by atoms with Crippen LogP contribution in [0.15, 0.2) is 127 Å². The fraction of sp³-hybridized carbons (Fsp3) is 0. The van der Waals surface area contributed by atoms with E-state index in [4.69, 9.17) is 15.0 Å². The normalized spacial score (nSPS) is 13.0. The number of thiophene rings is 2. The number of nitrogens with zero attached hydrogens (tertiary/aromatic N) is 5. The van der Waals surface area contributed by atoms with Crippen LogP contribution in [0, 0.1) is 0 Å². The summed E-state index contributed by atoms with van der Waals surface area (Å²) in [6.45, 7) is 0. The van der Waals surface area contributed by atoms with E-state index in [2.05, 4.69) is 118 Å². The van der Waals surface area contributed by atoms with E-state index in [0.717, 1.165) is 22.2 Å². The molecule has 0 fully saturated rings. The molecule has 0 aliphatic rings. The van der Waals surface area contributed by atoms with E-state index in [-0.39, 0.29) is 0 Å². The number of para-hydroxylation sites is 1. The summed E-state index contributed by atoms with van der Waals surface area (Å²) < 4.78 is 9.95. The van der Waals surface area contributed by atoms with Gasteiger partial charge in [-0.05, 0) is 36.4 Å². The van der Waals surface area contributed by atoms with Crippen molar-refractivity contribution < 1.29 is 0 Å². The predicted molar refractivity (Wildman–Crippen MR) is 219 cm³/mol. The molecule has 0 radical (unpaired) electrons. The lowest BCUT2D eigenvalue weighted by Gasteiger charge is -2.11. The van der Waals surface area contributed by atoms with Crippen molar-refractivity contribution in [1.29, 1.82) is 0 Å². The van der Waals surface area contributed by atoms with Gasteiger partial charge in [0.15, 0.2) is 11.6 Å². The molecule has 7 heterocycles. The van der Waals surface area contributed by atoms with E-state index in [1.165, 1.54) is 89.2 Å². The Labute approximate surface area is 301 Å². The molecule has 0 aliphatic heterocycles. The summed E-state index contributed by atoms with van der Waals surface area (Å²) in [5.41, 5.74) is 8.11. The molecule has 14 aromatic rings. The highest BCUT2D eigenvalue weighted by molar-refractivity contribution is 7.26. The maximum absolute atomic E-state index is 5.41. The fourth-order valence-electron chi connectivity index (χ4n) is 9.40. The zero-order valence-corrected chi connectivity index (χ0v) is 28.8. The van der Waals surface area contributed by atoms with Crippen LogP contribution in [0.1, 0.15) is 0 Å². The van der Waals surface area contributed by atoms with Crippen molar-refractivity contribution in [1.82, 2.24) is 23.9 Å². The monoisotopic (exact) mass is 695 g/mol. The molecule has 52 heavy (non-hydrogen) atoms. The van der Waals surface area contributed by atoms with Gasteiger partial charge in [0.05, 0.1) is 27.6 Å². The molecule has 7 aromatic carbocycles. The van der Waals surface area contributed by atoms with Crippen LogP contribution in [0.3, 0.4) is 0 Å². The minimum absolute atomic E-state index is 0.625. The van der Waals surface area contributed by atoms with Crippen LogP contribution in [-0.4, -0.2) is 23.9 Å². The highest BCUT2D eigenvalue weighted by Gasteiger charge is 2.29. The third-order valence-corrected chi connectivity index (χ3v) is 13.8. The summed E-state index contributed by atoms with van der Waals surface area (Å²) in [4.78, 5) is 15.9. The molecule has 0 aliphatic carbocycles. The zero-order valence-electron chi connectivity index (χ0n) is 27.2. The van der Waals surface area contributed by atoms with Crippen molar-refractivity contribution in [2.24, 2.45) is 0 Å². The first-order valence-electron chi connectivity index (χ1n) is 17.5. The molecule has 7 aromatic heterocycles. The van der Waals surface area contributed by atoms with Crippen LogP contribution >= 0.6 is 22.7 Å². The molecule has 0 unspecified atom stereocenters. The minimum atomic E-state index is 0.625. The summed E-state index contributed by atoms with van der Waals surface area (Å²) in [7, 11) is 0. The summed E-state index contributed by atoms with van der Waals surface area (Å²) in [5, 5.41) is 12.9. The van der Waals surface area contributed by atoms with Crippen LogP contribution in [0.2, 0.25) is 0 Å². The second-order valence-corrected chi connectivity index (χ2v) is 16.1. The zero-order chi connectivity index (χ0) is 33.4. The Balaban J connectivity index is 1.17. The van der Waals surface area contributed by atoms with E-state index in [0.29, 0.717) is 17.6 Å². The van der Waals surface area contributed by atoms with E-state index < -0.39 is 0 Å². The van der Waals surface area contributed by atoms with Gasteiger partial charge in [-0.3, -0.25) is 4.57 Å². The molecule has 0 spiro atoms. The molecule has 7 heteroatoms. The van der Waals surface area contributed by atoms with Gasteiger partial charge in [0.1, 0.15) is 0 Å².